The second kappa shape index (κ2) is 7.25. The molecule has 0 aromatic heterocycles. The van der Waals surface area contributed by atoms with Crippen molar-refractivity contribution in [1.29, 1.82) is 0 Å². The van der Waals surface area contributed by atoms with Crippen molar-refractivity contribution in [2.24, 2.45) is 0 Å². The van der Waals surface area contributed by atoms with E-state index in [4.69, 9.17) is 4.84 Å². The van der Waals surface area contributed by atoms with Crippen molar-refractivity contribution in [3.05, 3.63) is 77.4 Å². The Morgan fingerprint density at radius 2 is 1.83 bits per heavy atom. The van der Waals surface area contributed by atoms with Gasteiger partial charge in [-0.2, -0.15) is 0 Å². The van der Waals surface area contributed by atoms with Crippen LogP contribution in [0.5, 0.6) is 0 Å². The zero-order valence-electron chi connectivity index (χ0n) is 13.3. The van der Waals surface area contributed by atoms with Crippen molar-refractivity contribution >= 4 is 12.0 Å². The Kier molecular flexibility index (Phi) is 4.89. The fourth-order valence-electron chi connectivity index (χ4n) is 2.92. The van der Waals surface area contributed by atoms with Gasteiger partial charge in [-0.3, -0.25) is 0 Å². The normalized spacial score (nSPS) is 15.7. The molecule has 0 N–H and O–H groups in total. The number of benzene rings is 2. The number of nitrogens with zero attached hydrogens (tertiary/aromatic N) is 1. The molecule has 0 spiro atoms. The molecule has 2 aromatic rings. The van der Waals surface area contributed by atoms with Crippen LogP contribution in [0.3, 0.4) is 0 Å². The van der Waals surface area contributed by atoms with E-state index in [1.54, 1.807) is 24.2 Å². The van der Waals surface area contributed by atoms with Crippen molar-refractivity contribution in [2.75, 3.05) is 13.6 Å². The van der Waals surface area contributed by atoms with Crippen LogP contribution in [-0.2, 0) is 4.84 Å². The molecule has 23 heavy (non-hydrogen) atoms. The Bertz CT molecular complexity index is 694. The number of hydrogen-bond acceptors (Lipinski definition) is 3. The van der Waals surface area contributed by atoms with Crippen LogP contribution in [0.2, 0.25) is 0 Å². The van der Waals surface area contributed by atoms with E-state index in [1.165, 1.54) is 11.1 Å². The molecule has 0 aliphatic heterocycles. The third kappa shape index (κ3) is 3.88. The molecule has 1 unspecified atom stereocenters. The quantitative estimate of drug-likeness (QED) is 0.746. The van der Waals surface area contributed by atoms with Crippen molar-refractivity contribution in [3.63, 3.8) is 0 Å². The molecule has 0 radical (unpaired) electrons. The average molecular weight is 307 g/mol. The summed E-state index contributed by atoms with van der Waals surface area (Å²) in [6, 6.07) is 17.6. The molecule has 3 heteroatoms. The highest BCUT2D eigenvalue weighted by Gasteiger charge is 2.17. The van der Waals surface area contributed by atoms with Gasteiger partial charge in [-0.15, -0.1) is 5.06 Å². The van der Waals surface area contributed by atoms with E-state index in [0.717, 1.165) is 19.4 Å². The van der Waals surface area contributed by atoms with Gasteiger partial charge in [0.05, 0.1) is 5.56 Å². The van der Waals surface area contributed by atoms with E-state index in [0.29, 0.717) is 11.5 Å². The summed E-state index contributed by atoms with van der Waals surface area (Å²) in [6.45, 7) is 0.727. The molecule has 0 heterocycles. The standard InChI is InChI=1S/C20H21NO2/c1-21(23-20(22)18-9-3-2-4-10-18)15-7-11-17-14-13-16-8-5-6-12-19(16)17/h2-6,8-10,12-14,17H,7,11,15H2,1H3. The second-order valence-electron chi connectivity index (χ2n) is 5.83. The topological polar surface area (TPSA) is 29.5 Å². The van der Waals surface area contributed by atoms with Crippen molar-refractivity contribution in [3.8, 4) is 0 Å². The summed E-state index contributed by atoms with van der Waals surface area (Å²) < 4.78 is 0. The molecule has 0 fully saturated rings. The van der Waals surface area contributed by atoms with Gasteiger partial charge in [0, 0.05) is 19.5 Å². The summed E-state index contributed by atoms with van der Waals surface area (Å²) >= 11 is 0. The Labute approximate surface area is 137 Å². The summed E-state index contributed by atoms with van der Waals surface area (Å²) in [5.41, 5.74) is 3.30. The molecule has 0 saturated carbocycles. The number of fused-ring (bicyclic) bond motifs is 1. The van der Waals surface area contributed by atoms with E-state index >= 15 is 0 Å². The SMILES string of the molecule is CN(CCCC1C=Cc2ccccc21)OC(=O)c1ccccc1. The summed E-state index contributed by atoms with van der Waals surface area (Å²) in [5.74, 6) is 0.170. The van der Waals surface area contributed by atoms with Gasteiger partial charge in [0.25, 0.3) is 0 Å². The number of allylic oxidation sites excluding steroid dienone is 1. The van der Waals surface area contributed by atoms with Gasteiger partial charge in [0.1, 0.15) is 0 Å². The Morgan fingerprint density at radius 1 is 1.09 bits per heavy atom. The number of rotatable bonds is 6. The highest BCUT2D eigenvalue weighted by Crippen LogP contribution is 2.32. The molecule has 0 saturated heterocycles. The minimum atomic E-state index is -0.306. The summed E-state index contributed by atoms with van der Waals surface area (Å²) in [5, 5.41) is 1.62. The van der Waals surface area contributed by atoms with Gasteiger partial charge in [-0.25, -0.2) is 4.79 Å². The Morgan fingerprint density at radius 3 is 2.65 bits per heavy atom. The predicted octanol–water partition coefficient (Wildman–Crippen LogP) is 4.28. The third-order valence-electron chi connectivity index (χ3n) is 4.14. The van der Waals surface area contributed by atoms with Crippen molar-refractivity contribution < 1.29 is 9.63 Å². The van der Waals surface area contributed by atoms with E-state index in [9.17, 15) is 4.79 Å². The lowest BCUT2D eigenvalue weighted by Crippen LogP contribution is -2.24. The first-order chi connectivity index (χ1) is 11.2. The lowest BCUT2D eigenvalue weighted by molar-refractivity contribution is -0.0908. The lowest BCUT2D eigenvalue weighted by Gasteiger charge is -2.17. The molecular weight excluding hydrogens is 286 g/mol. The first-order valence-electron chi connectivity index (χ1n) is 7.99. The zero-order chi connectivity index (χ0) is 16.1. The zero-order valence-corrected chi connectivity index (χ0v) is 13.3. The summed E-state index contributed by atoms with van der Waals surface area (Å²) in [4.78, 5) is 17.3. The molecule has 0 amide bonds. The first-order valence-corrected chi connectivity index (χ1v) is 7.99. The average Bonchev–Trinajstić information content (AvgIpc) is 2.99. The minimum Gasteiger partial charge on any atom is -0.364 e. The van der Waals surface area contributed by atoms with Gasteiger partial charge >= 0.3 is 5.97 Å². The highest BCUT2D eigenvalue weighted by atomic mass is 16.7. The van der Waals surface area contributed by atoms with E-state index in [-0.39, 0.29) is 5.97 Å². The van der Waals surface area contributed by atoms with Gasteiger partial charge in [-0.1, -0.05) is 54.6 Å². The monoisotopic (exact) mass is 307 g/mol. The van der Waals surface area contributed by atoms with Crippen LogP contribution in [0.1, 0.15) is 40.2 Å². The van der Waals surface area contributed by atoms with Crippen molar-refractivity contribution in [1.82, 2.24) is 5.06 Å². The van der Waals surface area contributed by atoms with Crippen LogP contribution in [-0.4, -0.2) is 24.6 Å². The molecule has 2 aromatic carbocycles. The van der Waals surface area contributed by atoms with Gasteiger partial charge in [0.15, 0.2) is 0 Å². The number of hydrogen-bond donors (Lipinski definition) is 0. The summed E-state index contributed by atoms with van der Waals surface area (Å²) in [7, 11) is 1.80. The predicted molar refractivity (Wildman–Crippen MR) is 91.9 cm³/mol. The van der Waals surface area contributed by atoms with Crippen LogP contribution >= 0.6 is 0 Å². The van der Waals surface area contributed by atoms with Gasteiger partial charge < -0.3 is 4.84 Å². The lowest BCUT2D eigenvalue weighted by atomic mass is 9.96. The van der Waals surface area contributed by atoms with E-state index < -0.39 is 0 Å². The molecule has 1 atom stereocenters. The number of hydroxylamine groups is 2. The molecule has 118 valence electrons. The molecule has 3 rings (SSSR count). The maximum Gasteiger partial charge on any atom is 0.357 e. The summed E-state index contributed by atoms with van der Waals surface area (Å²) in [6.07, 6.45) is 6.49. The largest absolute Gasteiger partial charge is 0.364 e. The molecular formula is C20H21NO2. The number of carbonyl (C=O) groups excluding carboxylic acids is 1. The van der Waals surface area contributed by atoms with Crippen LogP contribution in [0.15, 0.2) is 60.7 Å². The highest BCUT2D eigenvalue weighted by molar-refractivity contribution is 5.89. The Hall–Kier alpha value is -2.39. The first kappa shape index (κ1) is 15.5. The van der Waals surface area contributed by atoms with Gasteiger partial charge in [-0.05, 0) is 36.1 Å². The second-order valence-corrected chi connectivity index (χ2v) is 5.83. The van der Waals surface area contributed by atoms with Crippen LogP contribution < -0.4 is 0 Å². The van der Waals surface area contributed by atoms with Crippen LogP contribution in [0, 0.1) is 0 Å². The fraction of sp³-hybridized carbons (Fsp3) is 0.250. The minimum absolute atomic E-state index is 0.306. The van der Waals surface area contributed by atoms with E-state index in [2.05, 4.69) is 36.4 Å². The Balaban J connectivity index is 1.45. The smallest absolute Gasteiger partial charge is 0.357 e. The van der Waals surface area contributed by atoms with E-state index in [1.807, 2.05) is 18.2 Å². The van der Waals surface area contributed by atoms with Crippen LogP contribution in [0.4, 0.5) is 0 Å². The number of carbonyl (C=O) groups is 1. The molecule has 1 aliphatic carbocycles. The van der Waals surface area contributed by atoms with Crippen LogP contribution in [0.25, 0.3) is 6.08 Å². The maximum atomic E-state index is 12.0. The van der Waals surface area contributed by atoms with Gasteiger partial charge in [0.2, 0.25) is 0 Å². The molecule has 0 bridgehead atoms. The maximum absolute atomic E-state index is 12.0. The molecule has 1 aliphatic rings. The third-order valence-corrected chi connectivity index (χ3v) is 4.14. The molecule has 3 nitrogen and oxygen atoms in total. The fourth-order valence-corrected chi connectivity index (χ4v) is 2.92. The van der Waals surface area contributed by atoms with Crippen molar-refractivity contribution in [2.45, 2.75) is 18.8 Å².